The third-order valence-electron chi connectivity index (χ3n) is 4.88. The Morgan fingerprint density at radius 1 is 0.968 bits per heavy atom. The van der Waals surface area contributed by atoms with E-state index in [1.54, 1.807) is 30.6 Å². The van der Waals surface area contributed by atoms with Gasteiger partial charge in [0, 0.05) is 21.9 Å². The number of nitrogens with one attached hydrogen (secondary N) is 2. The number of aromatic nitrogens is 3. The molecule has 0 saturated carbocycles. The normalized spacial score (nSPS) is 12.3. The summed E-state index contributed by atoms with van der Waals surface area (Å²) in [5.41, 5.74) is 3.56. The zero-order valence-electron chi connectivity index (χ0n) is 16.3. The summed E-state index contributed by atoms with van der Waals surface area (Å²) in [7, 11) is 0. The molecule has 1 aliphatic heterocycles. The van der Waals surface area contributed by atoms with Gasteiger partial charge in [-0.3, -0.25) is 9.59 Å². The Bertz CT molecular complexity index is 1270. The third kappa shape index (κ3) is 3.93. The lowest BCUT2D eigenvalue weighted by Gasteiger charge is -2.10. The minimum Gasteiger partial charge on any atom is -0.348 e. The van der Waals surface area contributed by atoms with Gasteiger partial charge in [0.25, 0.3) is 11.8 Å². The molecule has 0 fully saturated rings. The van der Waals surface area contributed by atoms with Crippen molar-refractivity contribution >= 4 is 29.3 Å². The van der Waals surface area contributed by atoms with Gasteiger partial charge in [0.05, 0.1) is 29.3 Å². The van der Waals surface area contributed by atoms with Crippen molar-refractivity contribution in [3.05, 3.63) is 95.8 Å². The second kappa shape index (κ2) is 8.08. The van der Waals surface area contributed by atoms with Gasteiger partial charge in [0.2, 0.25) is 0 Å². The van der Waals surface area contributed by atoms with E-state index in [0.717, 1.165) is 21.0 Å². The Morgan fingerprint density at radius 3 is 2.55 bits per heavy atom. The van der Waals surface area contributed by atoms with E-state index in [4.69, 9.17) is 0 Å². The summed E-state index contributed by atoms with van der Waals surface area (Å²) in [6, 6.07) is 20.4. The topological polar surface area (TPSA) is 88.9 Å². The Labute approximate surface area is 182 Å². The van der Waals surface area contributed by atoms with E-state index < -0.39 is 0 Å². The van der Waals surface area contributed by atoms with Crippen LogP contribution in [0.3, 0.4) is 0 Å². The fourth-order valence-electron chi connectivity index (χ4n) is 3.29. The molecule has 2 amide bonds. The summed E-state index contributed by atoms with van der Waals surface area (Å²) in [4.78, 5) is 28.5. The summed E-state index contributed by atoms with van der Waals surface area (Å²) in [5.74, 6) is -0.382. The molecule has 2 heterocycles. The SMILES string of the molecule is O=C(NCc1ccc(-n2nccn2)cc1)c1ccc2c(c1)NC(=O)c1ccccc1S2. The van der Waals surface area contributed by atoms with Crippen LogP contribution in [0.5, 0.6) is 0 Å². The van der Waals surface area contributed by atoms with Gasteiger partial charge in [-0.1, -0.05) is 36.0 Å². The van der Waals surface area contributed by atoms with Crippen molar-refractivity contribution in [3.63, 3.8) is 0 Å². The number of carbonyl (C=O) groups is 2. The first kappa shape index (κ1) is 19.1. The number of fused-ring (bicyclic) bond motifs is 2. The van der Waals surface area contributed by atoms with Gasteiger partial charge in [-0.05, 0) is 48.0 Å². The number of anilines is 1. The molecule has 0 spiro atoms. The van der Waals surface area contributed by atoms with Crippen LogP contribution in [-0.2, 0) is 6.54 Å². The molecule has 1 aliphatic rings. The van der Waals surface area contributed by atoms with Crippen LogP contribution < -0.4 is 10.6 Å². The van der Waals surface area contributed by atoms with E-state index in [0.29, 0.717) is 23.4 Å². The van der Waals surface area contributed by atoms with Crippen LogP contribution in [0.1, 0.15) is 26.3 Å². The zero-order chi connectivity index (χ0) is 21.2. The molecule has 4 aromatic rings. The lowest BCUT2D eigenvalue weighted by atomic mass is 10.1. The molecule has 7 nitrogen and oxygen atoms in total. The lowest BCUT2D eigenvalue weighted by Crippen LogP contribution is -2.23. The predicted molar refractivity (Wildman–Crippen MR) is 117 cm³/mol. The molecule has 0 atom stereocenters. The number of amides is 2. The molecule has 0 saturated heterocycles. The van der Waals surface area contributed by atoms with Gasteiger partial charge in [-0.25, -0.2) is 0 Å². The minimum absolute atomic E-state index is 0.175. The molecule has 1 aromatic heterocycles. The molecule has 2 N–H and O–H groups in total. The highest BCUT2D eigenvalue weighted by molar-refractivity contribution is 7.99. The smallest absolute Gasteiger partial charge is 0.256 e. The number of nitrogens with zero attached hydrogens (tertiary/aromatic N) is 3. The molecule has 152 valence electrons. The monoisotopic (exact) mass is 427 g/mol. The minimum atomic E-state index is -0.207. The number of benzene rings is 3. The van der Waals surface area contributed by atoms with E-state index in [1.165, 1.54) is 16.6 Å². The second-order valence-electron chi connectivity index (χ2n) is 6.93. The van der Waals surface area contributed by atoms with Crippen LogP contribution in [0, 0.1) is 0 Å². The molecule has 31 heavy (non-hydrogen) atoms. The van der Waals surface area contributed by atoms with Crippen molar-refractivity contribution in [2.75, 3.05) is 5.32 Å². The van der Waals surface area contributed by atoms with Gasteiger partial charge in [0.1, 0.15) is 0 Å². The maximum Gasteiger partial charge on any atom is 0.256 e. The van der Waals surface area contributed by atoms with Crippen molar-refractivity contribution in [2.24, 2.45) is 0 Å². The fraction of sp³-hybridized carbons (Fsp3) is 0.0435. The van der Waals surface area contributed by atoms with E-state index in [1.807, 2.05) is 48.5 Å². The summed E-state index contributed by atoms with van der Waals surface area (Å²) in [6.07, 6.45) is 3.24. The van der Waals surface area contributed by atoms with Crippen LogP contribution in [0.15, 0.2) is 88.9 Å². The van der Waals surface area contributed by atoms with Gasteiger partial charge in [0.15, 0.2) is 0 Å². The summed E-state index contributed by atoms with van der Waals surface area (Å²) in [5, 5.41) is 14.0. The van der Waals surface area contributed by atoms with Crippen molar-refractivity contribution in [2.45, 2.75) is 16.3 Å². The largest absolute Gasteiger partial charge is 0.348 e. The van der Waals surface area contributed by atoms with Crippen molar-refractivity contribution in [3.8, 4) is 5.69 Å². The number of rotatable bonds is 4. The highest BCUT2D eigenvalue weighted by Gasteiger charge is 2.20. The highest BCUT2D eigenvalue weighted by Crippen LogP contribution is 2.38. The molecular formula is C23H17N5O2S. The first-order valence-corrected chi connectivity index (χ1v) is 10.5. The Hall–Kier alpha value is -3.91. The molecule has 0 aliphatic carbocycles. The molecular weight excluding hydrogens is 410 g/mol. The van der Waals surface area contributed by atoms with Crippen LogP contribution in [0.25, 0.3) is 5.69 Å². The molecule has 3 aromatic carbocycles. The average molecular weight is 427 g/mol. The fourth-order valence-corrected chi connectivity index (χ4v) is 4.30. The van der Waals surface area contributed by atoms with Gasteiger partial charge < -0.3 is 10.6 Å². The van der Waals surface area contributed by atoms with E-state index in [9.17, 15) is 9.59 Å². The third-order valence-corrected chi connectivity index (χ3v) is 6.03. The van der Waals surface area contributed by atoms with E-state index >= 15 is 0 Å². The number of carbonyl (C=O) groups excluding carboxylic acids is 2. The first-order valence-electron chi connectivity index (χ1n) is 9.63. The first-order chi connectivity index (χ1) is 15.2. The van der Waals surface area contributed by atoms with Gasteiger partial charge in [-0.15, -0.1) is 0 Å². The van der Waals surface area contributed by atoms with Gasteiger partial charge >= 0.3 is 0 Å². The number of hydrogen-bond acceptors (Lipinski definition) is 5. The molecule has 0 bridgehead atoms. The van der Waals surface area contributed by atoms with Crippen LogP contribution in [0.2, 0.25) is 0 Å². The predicted octanol–water partition coefficient (Wildman–Crippen LogP) is 3.91. The standard InChI is InChI=1S/C23H17N5O2S/c29-22(24-14-15-5-8-17(9-6-15)28-25-11-12-26-28)16-7-10-21-19(13-16)27-23(30)18-3-1-2-4-20(18)31-21/h1-13H,14H2,(H,24,29)(H,27,30). The maximum absolute atomic E-state index is 12.7. The molecule has 0 radical (unpaired) electrons. The lowest BCUT2D eigenvalue weighted by molar-refractivity contribution is 0.0949. The van der Waals surface area contributed by atoms with Crippen LogP contribution >= 0.6 is 11.8 Å². The van der Waals surface area contributed by atoms with E-state index in [2.05, 4.69) is 20.8 Å². The van der Waals surface area contributed by atoms with Crippen molar-refractivity contribution < 1.29 is 9.59 Å². The summed E-state index contributed by atoms with van der Waals surface area (Å²) in [6.45, 7) is 0.384. The molecule has 0 unspecified atom stereocenters. The number of hydrogen-bond donors (Lipinski definition) is 2. The second-order valence-corrected chi connectivity index (χ2v) is 8.01. The quantitative estimate of drug-likeness (QED) is 0.515. The van der Waals surface area contributed by atoms with Crippen molar-refractivity contribution in [1.29, 1.82) is 0 Å². The van der Waals surface area contributed by atoms with Crippen LogP contribution in [0.4, 0.5) is 5.69 Å². The van der Waals surface area contributed by atoms with Crippen LogP contribution in [-0.4, -0.2) is 26.8 Å². The molecule has 5 rings (SSSR count). The zero-order valence-corrected chi connectivity index (χ0v) is 17.1. The maximum atomic E-state index is 12.7. The van der Waals surface area contributed by atoms with Crippen molar-refractivity contribution in [1.82, 2.24) is 20.3 Å². The Kier molecular flexibility index (Phi) is 4.97. The van der Waals surface area contributed by atoms with Gasteiger partial charge in [-0.2, -0.15) is 15.0 Å². The summed E-state index contributed by atoms with van der Waals surface area (Å²) < 4.78 is 0. The van der Waals surface area contributed by atoms with E-state index in [-0.39, 0.29) is 11.8 Å². The average Bonchev–Trinajstić information content (AvgIpc) is 3.29. The Morgan fingerprint density at radius 2 is 1.74 bits per heavy atom. The Balaban J connectivity index is 1.28. The summed E-state index contributed by atoms with van der Waals surface area (Å²) >= 11 is 1.51. The molecule has 8 heteroatoms. The highest BCUT2D eigenvalue weighted by atomic mass is 32.2.